The fourth-order valence-corrected chi connectivity index (χ4v) is 4.16. The first-order valence-corrected chi connectivity index (χ1v) is 10.6. The minimum Gasteiger partial charge on any atom is -0.391 e. The van der Waals surface area contributed by atoms with E-state index in [0.717, 1.165) is 35.0 Å². The molecule has 4 aromatic rings. The largest absolute Gasteiger partial charge is 0.391 e. The number of hydrogen-bond donors (Lipinski definition) is 1. The molecule has 2 aromatic heterocycles. The lowest BCUT2D eigenvalue weighted by Crippen LogP contribution is -2.42. The van der Waals surface area contributed by atoms with E-state index < -0.39 is 6.10 Å². The predicted octanol–water partition coefficient (Wildman–Crippen LogP) is 3.74. The van der Waals surface area contributed by atoms with Gasteiger partial charge in [0.05, 0.1) is 35.5 Å². The molecule has 6 heteroatoms. The molecule has 5 rings (SSSR count). The third-order valence-electron chi connectivity index (χ3n) is 5.77. The molecule has 0 aliphatic carbocycles. The summed E-state index contributed by atoms with van der Waals surface area (Å²) in [5.74, 6) is -0.0809. The van der Waals surface area contributed by atoms with E-state index in [0.29, 0.717) is 30.8 Å². The zero-order chi connectivity index (χ0) is 21.2. The summed E-state index contributed by atoms with van der Waals surface area (Å²) in [6.07, 6.45) is 2.80. The van der Waals surface area contributed by atoms with Crippen LogP contribution in [0.25, 0.3) is 22.3 Å². The number of β-amino-alcohol motifs (C(OH)–C–C–N with tert-alkyl or cyclic N) is 1. The number of benzene rings is 2. The Kier molecular flexibility index (Phi) is 5.22. The van der Waals surface area contributed by atoms with Gasteiger partial charge in [0.2, 0.25) is 0 Å². The fraction of sp³-hybridized carbons (Fsp3) is 0.240. The number of nitrogens with zero attached hydrogens (tertiary/aromatic N) is 4. The van der Waals surface area contributed by atoms with Crippen LogP contribution in [0.15, 0.2) is 72.9 Å². The number of carbonyl (C=O) groups excluding carboxylic acids is 1. The van der Waals surface area contributed by atoms with Crippen molar-refractivity contribution in [1.29, 1.82) is 0 Å². The minimum absolute atomic E-state index is 0.0809. The molecule has 156 valence electrons. The highest BCUT2D eigenvalue weighted by Gasteiger charge is 2.26. The number of pyridine rings is 1. The molecule has 1 atom stereocenters. The van der Waals surface area contributed by atoms with Gasteiger partial charge in [-0.1, -0.05) is 60.7 Å². The molecule has 2 aromatic carbocycles. The van der Waals surface area contributed by atoms with Crippen molar-refractivity contribution in [3.8, 4) is 11.3 Å². The van der Waals surface area contributed by atoms with Crippen LogP contribution < -0.4 is 0 Å². The molecule has 0 unspecified atom stereocenters. The lowest BCUT2D eigenvalue weighted by Gasteiger charge is -2.30. The van der Waals surface area contributed by atoms with Crippen LogP contribution in [0, 0.1) is 0 Å². The van der Waals surface area contributed by atoms with Gasteiger partial charge in [0.15, 0.2) is 5.65 Å². The molecule has 0 saturated carbocycles. The first kappa shape index (κ1) is 19.5. The molecule has 0 spiro atoms. The molecule has 0 bridgehead atoms. The molecule has 1 fully saturated rings. The van der Waals surface area contributed by atoms with E-state index >= 15 is 0 Å². The average Bonchev–Trinajstić information content (AvgIpc) is 3.22. The van der Waals surface area contributed by atoms with Gasteiger partial charge in [0.25, 0.3) is 5.91 Å². The van der Waals surface area contributed by atoms with Gasteiger partial charge in [0.1, 0.15) is 0 Å². The summed E-state index contributed by atoms with van der Waals surface area (Å²) in [5, 5.41) is 15.4. The standard InChI is InChI=1S/C25H24N4O2/c30-20-12-7-13-28(17-20)25(31)21-14-23(19-10-5-2-6-11-19)27-24-22(21)15-26-29(24)16-18-8-3-1-4-9-18/h1-6,8-11,14-15,20,30H,7,12-13,16-17H2/t20-/m0/s1. The predicted molar refractivity (Wildman–Crippen MR) is 120 cm³/mol. The quantitative estimate of drug-likeness (QED) is 0.554. The fourth-order valence-electron chi connectivity index (χ4n) is 4.16. The molecule has 6 nitrogen and oxygen atoms in total. The van der Waals surface area contributed by atoms with E-state index in [1.807, 2.05) is 59.3 Å². The third kappa shape index (κ3) is 3.94. The van der Waals surface area contributed by atoms with E-state index in [1.165, 1.54) is 0 Å². The molecular weight excluding hydrogens is 388 g/mol. The Bertz CT molecular complexity index is 1200. The van der Waals surface area contributed by atoms with Crippen LogP contribution in [0.4, 0.5) is 0 Å². The van der Waals surface area contributed by atoms with Crippen molar-refractivity contribution >= 4 is 16.9 Å². The Hall–Kier alpha value is -3.51. The van der Waals surface area contributed by atoms with Crippen molar-refractivity contribution in [2.75, 3.05) is 13.1 Å². The maximum atomic E-state index is 13.5. The minimum atomic E-state index is -0.468. The normalized spacial score (nSPS) is 16.5. The van der Waals surface area contributed by atoms with Crippen LogP contribution in [0.1, 0.15) is 28.8 Å². The molecular formula is C25H24N4O2. The van der Waals surface area contributed by atoms with Gasteiger partial charge in [-0.2, -0.15) is 5.10 Å². The monoisotopic (exact) mass is 412 g/mol. The zero-order valence-electron chi connectivity index (χ0n) is 17.2. The highest BCUT2D eigenvalue weighted by Crippen LogP contribution is 2.27. The van der Waals surface area contributed by atoms with Crippen LogP contribution in [0.2, 0.25) is 0 Å². The molecule has 3 heterocycles. The Morgan fingerprint density at radius 3 is 2.55 bits per heavy atom. The summed E-state index contributed by atoms with van der Waals surface area (Å²) < 4.78 is 1.85. The third-order valence-corrected chi connectivity index (χ3v) is 5.77. The van der Waals surface area contributed by atoms with Crippen LogP contribution in [-0.4, -0.2) is 49.9 Å². The van der Waals surface area contributed by atoms with E-state index in [1.54, 1.807) is 11.1 Å². The van der Waals surface area contributed by atoms with Crippen LogP contribution >= 0.6 is 0 Å². The molecule has 1 N–H and O–H groups in total. The first-order chi connectivity index (χ1) is 15.2. The van der Waals surface area contributed by atoms with Crippen molar-refractivity contribution in [2.45, 2.75) is 25.5 Å². The number of rotatable bonds is 4. The van der Waals surface area contributed by atoms with Gasteiger partial charge in [-0.05, 0) is 24.5 Å². The zero-order valence-corrected chi connectivity index (χ0v) is 17.2. The molecule has 1 aliphatic heterocycles. The van der Waals surface area contributed by atoms with Gasteiger partial charge >= 0.3 is 0 Å². The van der Waals surface area contributed by atoms with Crippen LogP contribution in [0.5, 0.6) is 0 Å². The summed E-state index contributed by atoms with van der Waals surface area (Å²) in [4.78, 5) is 20.1. The molecule has 1 saturated heterocycles. The molecule has 1 aliphatic rings. The summed E-state index contributed by atoms with van der Waals surface area (Å²) >= 11 is 0. The molecule has 0 radical (unpaired) electrons. The Balaban J connectivity index is 1.62. The second kappa shape index (κ2) is 8.32. The summed E-state index contributed by atoms with van der Waals surface area (Å²) in [5.41, 5.74) is 4.07. The van der Waals surface area contributed by atoms with Crippen molar-refractivity contribution in [3.63, 3.8) is 0 Å². The van der Waals surface area contributed by atoms with Crippen molar-refractivity contribution in [3.05, 3.63) is 84.1 Å². The number of hydrogen-bond acceptors (Lipinski definition) is 4. The first-order valence-electron chi connectivity index (χ1n) is 10.6. The van der Waals surface area contributed by atoms with Gasteiger partial charge in [-0.3, -0.25) is 4.79 Å². The highest BCUT2D eigenvalue weighted by atomic mass is 16.3. The summed E-state index contributed by atoms with van der Waals surface area (Å²) in [7, 11) is 0. The van der Waals surface area contributed by atoms with Crippen LogP contribution in [-0.2, 0) is 6.54 Å². The number of carbonyl (C=O) groups is 1. The lowest BCUT2D eigenvalue weighted by atomic mass is 10.0. The van der Waals surface area contributed by atoms with Gasteiger partial charge in [0, 0.05) is 18.7 Å². The SMILES string of the molecule is O=C(c1cc(-c2ccccc2)nc2c1cnn2Cc1ccccc1)N1CCC[C@H](O)C1. The van der Waals surface area contributed by atoms with Gasteiger partial charge in [-0.15, -0.1) is 0 Å². The number of fused-ring (bicyclic) bond motifs is 1. The van der Waals surface area contributed by atoms with Crippen molar-refractivity contribution < 1.29 is 9.90 Å². The van der Waals surface area contributed by atoms with E-state index in [4.69, 9.17) is 4.98 Å². The van der Waals surface area contributed by atoms with Crippen molar-refractivity contribution in [2.24, 2.45) is 0 Å². The highest BCUT2D eigenvalue weighted by molar-refractivity contribution is 6.06. The number of likely N-dealkylation sites (tertiary alicyclic amines) is 1. The Morgan fingerprint density at radius 2 is 1.81 bits per heavy atom. The van der Waals surface area contributed by atoms with E-state index in [2.05, 4.69) is 17.2 Å². The number of piperidine rings is 1. The molecule has 1 amide bonds. The molecule has 31 heavy (non-hydrogen) atoms. The second-order valence-corrected chi connectivity index (χ2v) is 7.99. The van der Waals surface area contributed by atoms with Crippen LogP contribution in [0.3, 0.4) is 0 Å². The Morgan fingerprint density at radius 1 is 1.06 bits per heavy atom. The summed E-state index contributed by atoms with van der Waals surface area (Å²) in [6, 6.07) is 21.8. The lowest BCUT2D eigenvalue weighted by molar-refractivity contribution is 0.0475. The maximum Gasteiger partial charge on any atom is 0.254 e. The number of aliphatic hydroxyl groups excluding tert-OH is 1. The maximum absolute atomic E-state index is 13.5. The average molecular weight is 412 g/mol. The number of amides is 1. The summed E-state index contributed by atoms with van der Waals surface area (Å²) in [6.45, 7) is 1.59. The topological polar surface area (TPSA) is 71.2 Å². The van der Waals surface area contributed by atoms with E-state index in [9.17, 15) is 9.90 Å². The van der Waals surface area contributed by atoms with Gasteiger partial charge in [-0.25, -0.2) is 9.67 Å². The Labute approximate surface area is 180 Å². The number of aromatic nitrogens is 3. The smallest absolute Gasteiger partial charge is 0.254 e. The second-order valence-electron chi connectivity index (χ2n) is 7.99. The van der Waals surface area contributed by atoms with Crippen molar-refractivity contribution in [1.82, 2.24) is 19.7 Å². The van der Waals surface area contributed by atoms with E-state index in [-0.39, 0.29) is 5.91 Å². The van der Waals surface area contributed by atoms with Gasteiger partial charge < -0.3 is 10.0 Å². The number of aliphatic hydroxyl groups is 1.